The fraction of sp³-hybridized carbons (Fsp3) is 0.438. The van der Waals surface area contributed by atoms with Crippen LogP contribution in [0.25, 0.3) is 0 Å². The predicted molar refractivity (Wildman–Crippen MR) is 80.6 cm³/mol. The number of rotatable bonds is 6. The summed E-state index contributed by atoms with van der Waals surface area (Å²) in [5.41, 5.74) is 7.71. The van der Waals surface area contributed by atoms with Crippen molar-refractivity contribution >= 4 is 5.91 Å². The minimum Gasteiger partial charge on any atom is -0.382 e. The number of amides is 1. The van der Waals surface area contributed by atoms with E-state index in [0.717, 1.165) is 12.0 Å². The smallest absolute Gasteiger partial charge is 0.252 e. The fourth-order valence-electron chi connectivity index (χ4n) is 1.72. The van der Waals surface area contributed by atoms with Crippen molar-refractivity contribution in [1.82, 2.24) is 5.32 Å². The van der Waals surface area contributed by atoms with Gasteiger partial charge in [0.1, 0.15) is 0 Å². The van der Waals surface area contributed by atoms with Gasteiger partial charge in [-0.05, 0) is 32.4 Å². The van der Waals surface area contributed by atoms with Crippen molar-refractivity contribution < 1.29 is 9.53 Å². The minimum atomic E-state index is -0.105. The summed E-state index contributed by atoms with van der Waals surface area (Å²) in [7, 11) is 0. The molecule has 1 rings (SSSR count). The monoisotopic (exact) mass is 274 g/mol. The van der Waals surface area contributed by atoms with Gasteiger partial charge in [-0.25, -0.2) is 0 Å². The van der Waals surface area contributed by atoms with Gasteiger partial charge in [0.15, 0.2) is 0 Å². The van der Waals surface area contributed by atoms with Gasteiger partial charge in [0.2, 0.25) is 0 Å². The first-order valence-corrected chi connectivity index (χ1v) is 6.84. The maximum atomic E-state index is 12.2. The second kappa shape index (κ2) is 9.13. The third-order valence-electron chi connectivity index (χ3n) is 2.70. The maximum absolute atomic E-state index is 12.2. The molecular weight excluding hydrogens is 252 g/mol. The summed E-state index contributed by atoms with van der Waals surface area (Å²) >= 11 is 0. The molecule has 20 heavy (non-hydrogen) atoms. The second-order valence-electron chi connectivity index (χ2n) is 4.36. The molecule has 0 aliphatic carbocycles. The van der Waals surface area contributed by atoms with Crippen LogP contribution in [0.15, 0.2) is 18.2 Å². The molecule has 0 aliphatic rings. The summed E-state index contributed by atoms with van der Waals surface area (Å²) in [6, 6.07) is 5.64. The molecule has 3 N–H and O–H groups in total. The van der Waals surface area contributed by atoms with Gasteiger partial charge in [-0.2, -0.15) is 0 Å². The molecule has 0 spiro atoms. The fourth-order valence-corrected chi connectivity index (χ4v) is 1.72. The van der Waals surface area contributed by atoms with Gasteiger partial charge in [0.25, 0.3) is 5.91 Å². The van der Waals surface area contributed by atoms with Gasteiger partial charge in [-0.15, -0.1) is 0 Å². The molecule has 0 fully saturated rings. The highest BCUT2D eigenvalue weighted by Crippen LogP contribution is 2.10. The van der Waals surface area contributed by atoms with Crippen LogP contribution in [0.5, 0.6) is 0 Å². The van der Waals surface area contributed by atoms with Crippen molar-refractivity contribution in [2.45, 2.75) is 20.3 Å². The van der Waals surface area contributed by atoms with E-state index in [4.69, 9.17) is 10.5 Å². The molecule has 0 unspecified atom stereocenters. The Kier molecular flexibility index (Phi) is 7.41. The number of hydrogen-bond acceptors (Lipinski definition) is 3. The molecule has 0 radical (unpaired) electrons. The molecule has 1 aromatic carbocycles. The van der Waals surface area contributed by atoms with Gasteiger partial charge in [0.05, 0.1) is 12.1 Å². The maximum Gasteiger partial charge on any atom is 0.252 e. The van der Waals surface area contributed by atoms with E-state index in [-0.39, 0.29) is 12.5 Å². The largest absolute Gasteiger partial charge is 0.382 e. The van der Waals surface area contributed by atoms with Gasteiger partial charge in [-0.1, -0.05) is 23.5 Å². The van der Waals surface area contributed by atoms with Gasteiger partial charge in [0, 0.05) is 25.3 Å². The molecule has 1 amide bonds. The van der Waals surface area contributed by atoms with Crippen molar-refractivity contribution in [1.29, 1.82) is 0 Å². The number of nitrogens with one attached hydrogen (secondary N) is 1. The first kappa shape index (κ1) is 16.2. The Bertz CT molecular complexity index is 501. The lowest BCUT2D eigenvalue weighted by molar-refractivity contribution is 0.0944. The Labute approximate surface area is 120 Å². The van der Waals surface area contributed by atoms with Gasteiger partial charge >= 0.3 is 0 Å². The molecule has 4 nitrogen and oxygen atoms in total. The van der Waals surface area contributed by atoms with Crippen LogP contribution in [0.1, 0.15) is 34.8 Å². The van der Waals surface area contributed by atoms with Crippen LogP contribution in [0.3, 0.4) is 0 Å². The minimum absolute atomic E-state index is 0.105. The zero-order chi connectivity index (χ0) is 14.8. The Morgan fingerprint density at radius 1 is 1.45 bits per heavy atom. The van der Waals surface area contributed by atoms with Crippen molar-refractivity contribution in [3.05, 3.63) is 34.9 Å². The van der Waals surface area contributed by atoms with Crippen LogP contribution in [-0.2, 0) is 4.74 Å². The number of aryl methyl sites for hydroxylation is 1. The van der Waals surface area contributed by atoms with Crippen LogP contribution < -0.4 is 11.1 Å². The molecule has 0 aliphatic heterocycles. The highest BCUT2D eigenvalue weighted by atomic mass is 16.5. The standard InChI is InChI=1S/C16H22N2O2/c1-3-20-11-5-10-18-16(19)15-12-13(2)7-8-14(15)6-4-9-17/h7-8,12H,3,5,9-11,17H2,1-2H3,(H,18,19). The molecule has 108 valence electrons. The Balaban J connectivity index is 2.68. The topological polar surface area (TPSA) is 64.3 Å². The number of hydrogen-bond donors (Lipinski definition) is 2. The highest BCUT2D eigenvalue weighted by Gasteiger charge is 2.09. The van der Waals surface area contributed by atoms with Crippen LogP contribution in [0, 0.1) is 18.8 Å². The van der Waals surface area contributed by atoms with E-state index in [1.807, 2.05) is 32.0 Å². The Morgan fingerprint density at radius 3 is 2.95 bits per heavy atom. The summed E-state index contributed by atoms with van der Waals surface area (Å²) in [5, 5.41) is 2.88. The van der Waals surface area contributed by atoms with Crippen LogP contribution in [0.2, 0.25) is 0 Å². The number of ether oxygens (including phenoxy) is 1. The summed E-state index contributed by atoms with van der Waals surface area (Å²) < 4.78 is 5.23. The average Bonchev–Trinajstić information content (AvgIpc) is 2.45. The second-order valence-corrected chi connectivity index (χ2v) is 4.36. The summed E-state index contributed by atoms with van der Waals surface area (Å²) in [6.07, 6.45) is 0.801. The first-order valence-electron chi connectivity index (χ1n) is 6.84. The molecule has 0 heterocycles. The first-order chi connectivity index (χ1) is 9.69. The lowest BCUT2D eigenvalue weighted by Crippen LogP contribution is -2.26. The Hall–Kier alpha value is -1.83. The molecule has 0 atom stereocenters. The summed E-state index contributed by atoms with van der Waals surface area (Å²) in [5.74, 6) is 5.61. The van der Waals surface area contributed by atoms with E-state index in [2.05, 4.69) is 17.2 Å². The normalized spacial score (nSPS) is 9.75. The SMILES string of the molecule is CCOCCCNC(=O)c1cc(C)ccc1C#CCN. The van der Waals surface area contributed by atoms with Crippen molar-refractivity contribution in [2.24, 2.45) is 5.73 Å². The molecule has 0 aromatic heterocycles. The molecular formula is C16H22N2O2. The number of benzene rings is 1. The molecule has 4 heteroatoms. The lowest BCUT2D eigenvalue weighted by Gasteiger charge is -2.08. The molecule has 0 saturated heterocycles. The van der Waals surface area contributed by atoms with Crippen LogP contribution in [-0.4, -0.2) is 32.2 Å². The van der Waals surface area contributed by atoms with E-state index in [9.17, 15) is 4.79 Å². The quantitative estimate of drug-likeness (QED) is 0.610. The van der Waals surface area contributed by atoms with E-state index in [0.29, 0.717) is 30.9 Å². The summed E-state index contributed by atoms with van der Waals surface area (Å²) in [4.78, 5) is 12.2. The van der Waals surface area contributed by atoms with E-state index in [1.54, 1.807) is 0 Å². The number of carbonyl (C=O) groups is 1. The zero-order valence-corrected chi connectivity index (χ0v) is 12.2. The summed E-state index contributed by atoms with van der Waals surface area (Å²) in [6.45, 7) is 6.13. The third-order valence-corrected chi connectivity index (χ3v) is 2.70. The van der Waals surface area contributed by atoms with Crippen LogP contribution in [0.4, 0.5) is 0 Å². The number of carbonyl (C=O) groups excluding carboxylic acids is 1. The Morgan fingerprint density at radius 2 is 2.25 bits per heavy atom. The van der Waals surface area contributed by atoms with E-state index < -0.39 is 0 Å². The zero-order valence-electron chi connectivity index (χ0n) is 12.2. The third kappa shape index (κ3) is 5.43. The molecule has 0 saturated carbocycles. The molecule has 1 aromatic rings. The molecule has 0 bridgehead atoms. The van der Waals surface area contributed by atoms with Gasteiger partial charge in [-0.3, -0.25) is 4.79 Å². The van der Waals surface area contributed by atoms with Crippen LogP contribution >= 0.6 is 0 Å². The van der Waals surface area contributed by atoms with Crippen molar-refractivity contribution in [3.8, 4) is 11.8 Å². The van der Waals surface area contributed by atoms with Gasteiger partial charge < -0.3 is 15.8 Å². The van der Waals surface area contributed by atoms with E-state index in [1.165, 1.54) is 0 Å². The predicted octanol–water partition coefficient (Wildman–Crippen LogP) is 1.46. The number of nitrogens with two attached hydrogens (primary N) is 1. The lowest BCUT2D eigenvalue weighted by atomic mass is 10.0. The van der Waals surface area contributed by atoms with Crippen molar-refractivity contribution in [3.63, 3.8) is 0 Å². The highest BCUT2D eigenvalue weighted by molar-refractivity contribution is 5.96. The van der Waals surface area contributed by atoms with E-state index >= 15 is 0 Å². The average molecular weight is 274 g/mol. The van der Waals surface area contributed by atoms with Crippen molar-refractivity contribution in [2.75, 3.05) is 26.3 Å².